The SMILES string of the molecule is Cc1nc(C)c2nc(C(C)C)oc2c1C. The van der Waals surface area contributed by atoms with Gasteiger partial charge in [-0.15, -0.1) is 0 Å². The molecule has 0 aromatic carbocycles. The molecule has 3 heteroatoms. The number of rotatable bonds is 1. The molecule has 0 aliphatic carbocycles. The molecule has 0 aliphatic rings. The van der Waals surface area contributed by atoms with E-state index in [1.165, 1.54) is 0 Å². The molecule has 0 fully saturated rings. The molecule has 0 radical (unpaired) electrons. The Balaban J connectivity index is 2.80. The van der Waals surface area contributed by atoms with Gasteiger partial charge in [0.2, 0.25) is 0 Å². The summed E-state index contributed by atoms with van der Waals surface area (Å²) in [6, 6.07) is 0. The lowest BCUT2D eigenvalue weighted by Crippen LogP contribution is -1.91. The maximum absolute atomic E-state index is 5.77. The molecule has 0 unspecified atom stereocenters. The van der Waals surface area contributed by atoms with E-state index in [1.54, 1.807) is 0 Å². The summed E-state index contributed by atoms with van der Waals surface area (Å²) < 4.78 is 5.77. The molecule has 0 spiro atoms. The third-order valence-corrected chi connectivity index (χ3v) is 2.70. The largest absolute Gasteiger partial charge is 0.440 e. The quantitative estimate of drug-likeness (QED) is 0.715. The summed E-state index contributed by atoms with van der Waals surface area (Å²) in [6.07, 6.45) is 0. The van der Waals surface area contributed by atoms with Gasteiger partial charge in [-0.25, -0.2) is 4.98 Å². The number of aromatic nitrogens is 2. The van der Waals surface area contributed by atoms with Crippen LogP contribution in [0.2, 0.25) is 0 Å². The lowest BCUT2D eigenvalue weighted by molar-refractivity contribution is 0.500. The second kappa shape index (κ2) is 3.33. The number of aryl methyl sites for hydroxylation is 3. The predicted molar refractivity (Wildman–Crippen MR) is 60.1 cm³/mol. The van der Waals surface area contributed by atoms with Crippen molar-refractivity contribution in [1.82, 2.24) is 9.97 Å². The first-order chi connectivity index (χ1) is 7.00. The van der Waals surface area contributed by atoms with Gasteiger partial charge in [0.05, 0.1) is 5.69 Å². The van der Waals surface area contributed by atoms with E-state index in [0.717, 1.165) is 33.9 Å². The van der Waals surface area contributed by atoms with Crippen LogP contribution in [-0.2, 0) is 0 Å². The van der Waals surface area contributed by atoms with Crippen LogP contribution in [0.1, 0.15) is 42.6 Å². The molecule has 2 aromatic heterocycles. The molecule has 0 saturated heterocycles. The summed E-state index contributed by atoms with van der Waals surface area (Å²) in [5.41, 5.74) is 4.86. The average Bonchev–Trinajstić information content (AvgIpc) is 2.59. The van der Waals surface area contributed by atoms with Gasteiger partial charge in [-0.05, 0) is 20.8 Å². The molecule has 2 heterocycles. The molecule has 2 rings (SSSR count). The fraction of sp³-hybridized carbons (Fsp3) is 0.500. The zero-order chi connectivity index (χ0) is 11.2. The van der Waals surface area contributed by atoms with Crippen molar-refractivity contribution >= 4 is 11.1 Å². The van der Waals surface area contributed by atoms with Gasteiger partial charge in [-0.1, -0.05) is 13.8 Å². The molecule has 0 N–H and O–H groups in total. The highest BCUT2D eigenvalue weighted by atomic mass is 16.3. The van der Waals surface area contributed by atoms with Crippen molar-refractivity contribution in [2.45, 2.75) is 40.5 Å². The fourth-order valence-electron chi connectivity index (χ4n) is 1.64. The summed E-state index contributed by atoms with van der Waals surface area (Å²) in [7, 11) is 0. The number of hydrogen-bond acceptors (Lipinski definition) is 3. The van der Waals surface area contributed by atoms with Crippen LogP contribution in [0.25, 0.3) is 11.1 Å². The van der Waals surface area contributed by atoms with E-state index in [9.17, 15) is 0 Å². The van der Waals surface area contributed by atoms with Crippen LogP contribution in [0.15, 0.2) is 4.42 Å². The number of nitrogens with zero attached hydrogens (tertiary/aromatic N) is 2. The van der Waals surface area contributed by atoms with Gasteiger partial charge < -0.3 is 4.42 Å². The summed E-state index contributed by atoms with van der Waals surface area (Å²) >= 11 is 0. The first kappa shape index (κ1) is 10.1. The molecule has 15 heavy (non-hydrogen) atoms. The van der Waals surface area contributed by atoms with E-state index in [0.29, 0.717) is 5.92 Å². The number of pyridine rings is 1. The third kappa shape index (κ3) is 1.52. The van der Waals surface area contributed by atoms with E-state index in [1.807, 2.05) is 20.8 Å². The smallest absolute Gasteiger partial charge is 0.198 e. The Labute approximate surface area is 89.5 Å². The Morgan fingerprint density at radius 1 is 1.00 bits per heavy atom. The monoisotopic (exact) mass is 204 g/mol. The van der Waals surface area contributed by atoms with Gasteiger partial charge >= 0.3 is 0 Å². The highest BCUT2D eigenvalue weighted by Crippen LogP contribution is 2.26. The first-order valence-corrected chi connectivity index (χ1v) is 5.25. The zero-order valence-corrected chi connectivity index (χ0v) is 9.88. The molecular weight excluding hydrogens is 188 g/mol. The van der Waals surface area contributed by atoms with Crippen molar-refractivity contribution in [3.05, 3.63) is 22.8 Å². The van der Waals surface area contributed by atoms with Crippen molar-refractivity contribution < 1.29 is 4.42 Å². The highest BCUT2D eigenvalue weighted by Gasteiger charge is 2.15. The molecule has 80 valence electrons. The average molecular weight is 204 g/mol. The van der Waals surface area contributed by atoms with Crippen molar-refractivity contribution in [3.8, 4) is 0 Å². The minimum atomic E-state index is 0.316. The van der Waals surface area contributed by atoms with Crippen molar-refractivity contribution in [1.29, 1.82) is 0 Å². The van der Waals surface area contributed by atoms with Crippen LogP contribution < -0.4 is 0 Å². The van der Waals surface area contributed by atoms with Crippen LogP contribution in [0.3, 0.4) is 0 Å². The maximum Gasteiger partial charge on any atom is 0.198 e. The fourth-order valence-corrected chi connectivity index (χ4v) is 1.64. The van der Waals surface area contributed by atoms with Crippen LogP contribution in [0.4, 0.5) is 0 Å². The molecule has 3 nitrogen and oxygen atoms in total. The van der Waals surface area contributed by atoms with Gasteiger partial charge in [0.15, 0.2) is 11.5 Å². The zero-order valence-electron chi connectivity index (χ0n) is 9.88. The van der Waals surface area contributed by atoms with E-state index < -0.39 is 0 Å². The molecule has 0 atom stereocenters. The maximum atomic E-state index is 5.77. The molecule has 0 bridgehead atoms. The Morgan fingerprint density at radius 3 is 2.27 bits per heavy atom. The van der Waals surface area contributed by atoms with Gasteiger partial charge in [-0.3, -0.25) is 4.98 Å². The van der Waals surface area contributed by atoms with Crippen LogP contribution >= 0.6 is 0 Å². The van der Waals surface area contributed by atoms with Crippen molar-refractivity contribution in [2.75, 3.05) is 0 Å². The summed E-state index contributed by atoms with van der Waals surface area (Å²) in [5.74, 6) is 1.11. The lowest BCUT2D eigenvalue weighted by atomic mass is 10.2. The minimum absolute atomic E-state index is 0.316. The Kier molecular flexibility index (Phi) is 2.25. The summed E-state index contributed by atoms with van der Waals surface area (Å²) in [6.45, 7) is 10.2. The topological polar surface area (TPSA) is 38.9 Å². The van der Waals surface area contributed by atoms with Gasteiger partial charge in [0.1, 0.15) is 5.52 Å². The first-order valence-electron chi connectivity index (χ1n) is 5.25. The number of fused-ring (bicyclic) bond motifs is 1. The van der Waals surface area contributed by atoms with Crippen molar-refractivity contribution in [2.24, 2.45) is 0 Å². The lowest BCUT2D eigenvalue weighted by Gasteiger charge is -2.00. The Bertz CT molecular complexity index is 512. The molecule has 2 aromatic rings. The predicted octanol–water partition coefficient (Wildman–Crippen LogP) is 3.27. The Hall–Kier alpha value is -1.38. The molecule has 0 saturated carbocycles. The second-order valence-corrected chi connectivity index (χ2v) is 4.29. The summed E-state index contributed by atoms with van der Waals surface area (Å²) in [5, 5.41) is 0. The normalized spacial score (nSPS) is 11.6. The van der Waals surface area contributed by atoms with E-state index >= 15 is 0 Å². The minimum Gasteiger partial charge on any atom is -0.440 e. The van der Waals surface area contributed by atoms with E-state index in [2.05, 4.69) is 23.8 Å². The van der Waals surface area contributed by atoms with Crippen LogP contribution in [0, 0.1) is 20.8 Å². The standard InChI is InChI=1S/C12H16N2O/c1-6(2)12-14-10-9(5)13-8(4)7(3)11(10)15-12/h6H,1-5H3. The molecular formula is C12H16N2O. The number of hydrogen-bond donors (Lipinski definition) is 0. The van der Waals surface area contributed by atoms with Gasteiger partial charge in [0.25, 0.3) is 0 Å². The second-order valence-electron chi connectivity index (χ2n) is 4.29. The summed E-state index contributed by atoms with van der Waals surface area (Å²) in [4.78, 5) is 8.94. The number of oxazole rings is 1. The molecule has 0 amide bonds. The highest BCUT2D eigenvalue weighted by molar-refractivity contribution is 5.78. The van der Waals surface area contributed by atoms with Gasteiger partial charge in [0, 0.05) is 17.2 Å². The van der Waals surface area contributed by atoms with Crippen LogP contribution in [0.5, 0.6) is 0 Å². The Morgan fingerprint density at radius 2 is 1.67 bits per heavy atom. The van der Waals surface area contributed by atoms with E-state index in [4.69, 9.17) is 4.42 Å². The third-order valence-electron chi connectivity index (χ3n) is 2.70. The molecule has 0 aliphatic heterocycles. The van der Waals surface area contributed by atoms with Crippen LogP contribution in [-0.4, -0.2) is 9.97 Å². The van der Waals surface area contributed by atoms with E-state index in [-0.39, 0.29) is 0 Å². The van der Waals surface area contributed by atoms with Crippen molar-refractivity contribution in [3.63, 3.8) is 0 Å². The van der Waals surface area contributed by atoms with Gasteiger partial charge in [-0.2, -0.15) is 0 Å².